The van der Waals surface area contributed by atoms with Crippen LogP contribution in [0.5, 0.6) is 0 Å². The van der Waals surface area contributed by atoms with Crippen LogP contribution in [-0.2, 0) is 0 Å². The van der Waals surface area contributed by atoms with Gasteiger partial charge in [0, 0.05) is 31.3 Å². The Morgan fingerprint density at radius 2 is 1.84 bits per heavy atom. The Bertz CT molecular complexity index is 445. The SMILES string of the molecule is CN(C)c1ccc(C(=O)[C@@H]2CCCC(C)(C)C2)cc1. The molecule has 1 aromatic carbocycles. The third-order valence-corrected chi connectivity index (χ3v) is 4.24. The molecular weight excluding hydrogens is 234 g/mol. The van der Waals surface area contributed by atoms with Crippen molar-refractivity contribution in [1.29, 1.82) is 0 Å². The average Bonchev–Trinajstić information content (AvgIpc) is 2.37. The molecule has 19 heavy (non-hydrogen) atoms. The Morgan fingerprint density at radius 3 is 2.37 bits per heavy atom. The topological polar surface area (TPSA) is 20.3 Å². The van der Waals surface area contributed by atoms with Gasteiger partial charge in [-0.05, 0) is 48.9 Å². The summed E-state index contributed by atoms with van der Waals surface area (Å²) in [5.41, 5.74) is 2.33. The molecule has 1 atom stereocenters. The van der Waals surface area contributed by atoms with E-state index in [0.717, 1.165) is 24.1 Å². The van der Waals surface area contributed by atoms with Gasteiger partial charge in [0.25, 0.3) is 0 Å². The highest BCUT2D eigenvalue weighted by Gasteiger charge is 2.32. The summed E-state index contributed by atoms with van der Waals surface area (Å²) < 4.78 is 0. The highest BCUT2D eigenvalue weighted by atomic mass is 16.1. The van der Waals surface area contributed by atoms with E-state index in [9.17, 15) is 4.79 Å². The summed E-state index contributed by atoms with van der Waals surface area (Å²) in [6.07, 6.45) is 4.51. The number of ketones is 1. The van der Waals surface area contributed by atoms with Gasteiger partial charge in [0.1, 0.15) is 0 Å². The molecule has 0 aromatic heterocycles. The zero-order valence-electron chi connectivity index (χ0n) is 12.6. The van der Waals surface area contributed by atoms with Crippen LogP contribution in [0.4, 0.5) is 5.69 Å². The summed E-state index contributed by atoms with van der Waals surface area (Å²) in [4.78, 5) is 14.6. The van der Waals surface area contributed by atoms with Crippen molar-refractivity contribution in [1.82, 2.24) is 0 Å². The lowest BCUT2D eigenvalue weighted by Gasteiger charge is -2.34. The van der Waals surface area contributed by atoms with Crippen molar-refractivity contribution in [2.75, 3.05) is 19.0 Å². The largest absolute Gasteiger partial charge is 0.378 e. The number of hydrogen-bond donors (Lipinski definition) is 0. The molecule has 0 N–H and O–H groups in total. The fourth-order valence-electron chi connectivity index (χ4n) is 3.08. The van der Waals surface area contributed by atoms with Crippen LogP contribution in [0.2, 0.25) is 0 Å². The van der Waals surface area contributed by atoms with E-state index in [1.54, 1.807) is 0 Å². The fraction of sp³-hybridized carbons (Fsp3) is 0.588. The zero-order valence-corrected chi connectivity index (χ0v) is 12.6. The van der Waals surface area contributed by atoms with Crippen molar-refractivity contribution in [3.05, 3.63) is 29.8 Å². The molecule has 1 saturated carbocycles. The minimum atomic E-state index is 0.217. The van der Waals surface area contributed by atoms with Gasteiger partial charge in [0.2, 0.25) is 0 Å². The number of Topliss-reactive ketones (excluding diaryl/α,β-unsaturated/α-hetero) is 1. The van der Waals surface area contributed by atoms with E-state index < -0.39 is 0 Å². The maximum atomic E-state index is 12.6. The van der Waals surface area contributed by atoms with Crippen LogP contribution >= 0.6 is 0 Å². The van der Waals surface area contributed by atoms with Crippen LogP contribution in [-0.4, -0.2) is 19.9 Å². The van der Waals surface area contributed by atoms with Gasteiger partial charge >= 0.3 is 0 Å². The maximum Gasteiger partial charge on any atom is 0.165 e. The molecule has 0 saturated heterocycles. The molecule has 1 aliphatic carbocycles. The molecule has 104 valence electrons. The molecule has 2 nitrogen and oxygen atoms in total. The minimum absolute atomic E-state index is 0.217. The predicted octanol–water partition coefficient (Wildman–Crippen LogP) is 4.15. The number of nitrogens with zero attached hydrogens (tertiary/aromatic N) is 1. The van der Waals surface area contributed by atoms with E-state index in [4.69, 9.17) is 0 Å². The standard InChI is InChI=1S/C17H25NO/c1-17(2)11-5-6-14(12-17)16(19)13-7-9-15(10-8-13)18(3)4/h7-10,14H,5-6,11-12H2,1-4H3/t14-/m1/s1. The molecule has 0 radical (unpaired) electrons. The van der Waals surface area contributed by atoms with Gasteiger partial charge in [0.15, 0.2) is 5.78 Å². The number of anilines is 1. The van der Waals surface area contributed by atoms with E-state index in [1.165, 1.54) is 12.8 Å². The molecule has 0 aliphatic heterocycles. The Balaban J connectivity index is 2.11. The first kappa shape index (κ1) is 14.1. The van der Waals surface area contributed by atoms with Crippen molar-refractivity contribution in [2.45, 2.75) is 39.5 Å². The Morgan fingerprint density at radius 1 is 1.21 bits per heavy atom. The van der Waals surface area contributed by atoms with E-state index in [0.29, 0.717) is 11.2 Å². The monoisotopic (exact) mass is 259 g/mol. The van der Waals surface area contributed by atoms with Crippen LogP contribution < -0.4 is 4.90 Å². The molecule has 0 amide bonds. The van der Waals surface area contributed by atoms with Gasteiger partial charge in [-0.15, -0.1) is 0 Å². The number of carbonyl (C=O) groups excluding carboxylic acids is 1. The molecule has 2 heteroatoms. The van der Waals surface area contributed by atoms with Crippen molar-refractivity contribution in [3.63, 3.8) is 0 Å². The first-order valence-electron chi connectivity index (χ1n) is 7.21. The van der Waals surface area contributed by atoms with Crippen LogP contribution in [0.15, 0.2) is 24.3 Å². The predicted molar refractivity (Wildman–Crippen MR) is 80.8 cm³/mol. The molecule has 1 fully saturated rings. The van der Waals surface area contributed by atoms with Crippen molar-refractivity contribution in [3.8, 4) is 0 Å². The van der Waals surface area contributed by atoms with E-state index in [-0.39, 0.29) is 5.92 Å². The molecule has 1 aromatic rings. The summed E-state index contributed by atoms with van der Waals surface area (Å²) >= 11 is 0. The Hall–Kier alpha value is -1.31. The molecule has 1 aliphatic rings. The number of benzene rings is 1. The first-order chi connectivity index (χ1) is 8.89. The lowest BCUT2D eigenvalue weighted by atomic mass is 9.70. The van der Waals surface area contributed by atoms with Crippen molar-refractivity contribution in [2.24, 2.45) is 11.3 Å². The van der Waals surface area contributed by atoms with Crippen molar-refractivity contribution >= 4 is 11.5 Å². The molecule has 0 heterocycles. The van der Waals surface area contributed by atoms with Crippen LogP contribution in [0.1, 0.15) is 49.9 Å². The van der Waals surface area contributed by atoms with E-state index in [2.05, 4.69) is 18.7 Å². The van der Waals surface area contributed by atoms with E-state index >= 15 is 0 Å². The van der Waals surface area contributed by atoms with Crippen LogP contribution in [0, 0.1) is 11.3 Å². The zero-order chi connectivity index (χ0) is 14.0. The number of rotatable bonds is 3. The van der Waals surface area contributed by atoms with E-state index in [1.807, 2.05) is 38.4 Å². The fourth-order valence-corrected chi connectivity index (χ4v) is 3.08. The highest BCUT2D eigenvalue weighted by Crippen LogP contribution is 2.39. The quantitative estimate of drug-likeness (QED) is 0.760. The molecule has 0 spiro atoms. The Labute approximate surface area is 116 Å². The second-order valence-electron chi connectivity index (χ2n) is 6.76. The lowest BCUT2D eigenvalue weighted by Crippen LogP contribution is -2.28. The Kier molecular flexibility index (Phi) is 3.98. The van der Waals surface area contributed by atoms with Gasteiger partial charge in [0.05, 0.1) is 0 Å². The minimum Gasteiger partial charge on any atom is -0.378 e. The van der Waals surface area contributed by atoms with Gasteiger partial charge in [-0.1, -0.05) is 20.3 Å². The van der Waals surface area contributed by atoms with Gasteiger partial charge in [-0.2, -0.15) is 0 Å². The van der Waals surface area contributed by atoms with Crippen molar-refractivity contribution < 1.29 is 4.79 Å². The summed E-state index contributed by atoms with van der Waals surface area (Å²) in [5, 5.41) is 0. The average molecular weight is 259 g/mol. The smallest absolute Gasteiger partial charge is 0.165 e. The molecular formula is C17H25NO. The molecule has 0 bridgehead atoms. The summed E-state index contributed by atoms with van der Waals surface area (Å²) in [5.74, 6) is 0.548. The summed E-state index contributed by atoms with van der Waals surface area (Å²) in [6, 6.07) is 8.00. The van der Waals surface area contributed by atoms with Gasteiger partial charge in [-0.3, -0.25) is 4.79 Å². The number of hydrogen-bond acceptors (Lipinski definition) is 2. The maximum absolute atomic E-state index is 12.6. The highest BCUT2D eigenvalue weighted by molar-refractivity contribution is 5.98. The molecule has 0 unspecified atom stereocenters. The second-order valence-corrected chi connectivity index (χ2v) is 6.76. The van der Waals surface area contributed by atoms with Crippen LogP contribution in [0.3, 0.4) is 0 Å². The first-order valence-corrected chi connectivity index (χ1v) is 7.21. The second kappa shape index (κ2) is 5.36. The summed E-state index contributed by atoms with van der Waals surface area (Å²) in [6.45, 7) is 4.56. The van der Waals surface area contributed by atoms with Crippen LogP contribution in [0.25, 0.3) is 0 Å². The summed E-state index contributed by atoms with van der Waals surface area (Å²) in [7, 11) is 4.03. The third-order valence-electron chi connectivity index (χ3n) is 4.24. The van der Waals surface area contributed by atoms with Gasteiger partial charge < -0.3 is 4.90 Å². The van der Waals surface area contributed by atoms with Gasteiger partial charge in [-0.25, -0.2) is 0 Å². The lowest BCUT2D eigenvalue weighted by molar-refractivity contribution is 0.0811. The number of carbonyl (C=O) groups is 1. The molecule has 2 rings (SSSR count). The third kappa shape index (κ3) is 3.37. The normalized spacial score (nSPS) is 22.0.